The van der Waals surface area contributed by atoms with Gasteiger partial charge < -0.3 is 5.73 Å². The number of nitrogens with two attached hydrogens (primary N) is 1. The Hall–Kier alpha value is -1.99. The molecule has 0 radical (unpaired) electrons. The first-order valence-electron chi connectivity index (χ1n) is 5.74. The topological polar surface area (TPSA) is 86.2 Å². The van der Waals surface area contributed by atoms with Crippen LogP contribution in [0.4, 0.5) is 15.8 Å². The highest BCUT2D eigenvalue weighted by molar-refractivity contribution is 7.84. The average molecular weight is 329 g/mol. The van der Waals surface area contributed by atoms with Gasteiger partial charge in [-0.3, -0.25) is 14.3 Å². The van der Waals surface area contributed by atoms with Crippen LogP contribution in [0.5, 0.6) is 0 Å². The van der Waals surface area contributed by atoms with Crippen LogP contribution in [0.25, 0.3) is 0 Å². The molecule has 0 aromatic heterocycles. The molecule has 0 bridgehead atoms. The van der Waals surface area contributed by atoms with E-state index in [0.717, 1.165) is 12.1 Å². The highest BCUT2D eigenvalue weighted by Crippen LogP contribution is 2.27. The standard InChI is InChI=1S/C13H10ClFN2O3S/c14-9-2-1-8(12(5-9)17(18)19)7-21(20)13-4-3-10(15)6-11(13)16/h1-6H,7,16H2. The van der Waals surface area contributed by atoms with Crippen LogP contribution in [0.2, 0.25) is 5.02 Å². The Balaban J connectivity index is 2.34. The second kappa shape index (κ2) is 6.19. The number of benzene rings is 2. The maximum Gasteiger partial charge on any atom is 0.275 e. The average Bonchev–Trinajstić information content (AvgIpc) is 2.40. The lowest BCUT2D eigenvalue weighted by molar-refractivity contribution is -0.385. The SMILES string of the molecule is Nc1cc(F)ccc1S(=O)Cc1ccc(Cl)cc1[N+](=O)[O-]. The summed E-state index contributed by atoms with van der Waals surface area (Å²) in [6.07, 6.45) is 0. The van der Waals surface area contributed by atoms with Gasteiger partial charge in [0.05, 0.1) is 32.1 Å². The Morgan fingerprint density at radius 1 is 1.29 bits per heavy atom. The fraction of sp³-hybridized carbons (Fsp3) is 0.0769. The smallest absolute Gasteiger partial charge is 0.275 e. The van der Waals surface area contributed by atoms with Crippen LogP contribution in [0.3, 0.4) is 0 Å². The van der Waals surface area contributed by atoms with E-state index in [1.807, 2.05) is 0 Å². The van der Waals surface area contributed by atoms with E-state index >= 15 is 0 Å². The molecule has 2 rings (SSSR count). The molecule has 21 heavy (non-hydrogen) atoms. The van der Waals surface area contributed by atoms with Gasteiger partial charge in [-0.2, -0.15) is 0 Å². The van der Waals surface area contributed by atoms with E-state index in [9.17, 15) is 18.7 Å². The van der Waals surface area contributed by atoms with Crippen molar-refractivity contribution in [1.29, 1.82) is 0 Å². The van der Waals surface area contributed by atoms with Crippen LogP contribution < -0.4 is 5.73 Å². The third-order valence-electron chi connectivity index (χ3n) is 2.75. The molecule has 0 saturated carbocycles. The van der Waals surface area contributed by atoms with Gasteiger partial charge in [-0.1, -0.05) is 11.6 Å². The predicted octanol–water partition coefficient (Wildman–Crippen LogP) is 3.28. The molecule has 2 aromatic rings. The zero-order chi connectivity index (χ0) is 15.6. The fourth-order valence-corrected chi connectivity index (χ4v) is 3.16. The molecule has 0 spiro atoms. The summed E-state index contributed by atoms with van der Waals surface area (Å²) in [5, 5.41) is 11.2. The maximum absolute atomic E-state index is 13.0. The van der Waals surface area contributed by atoms with E-state index in [-0.39, 0.29) is 32.6 Å². The van der Waals surface area contributed by atoms with E-state index in [1.54, 1.807) is 0 Å². The Kier molecular flexibility index (Phi) is 4.54. The first-order valence-corrected chi connectivity index (χ1v) is 7.44. The third kappa shape index (κ3) is 3.56. The molecule has 0 aliphatic carbocycles. The number of nitro groups is 1. The number of halogens is 2. The molecule has 1 unspecified atom stereocenters. The van der Waals surface area contributed by atoms with Gasteiger partial charge in [0.25, 0.3) is 5.69 Å². The minimum Gasteiger partial charge on any atom is -0.398 e. The number of nitrogens with zero attached hydrogens (tertiary/aromatic N) is 1. The fourth-order valence-electron chi connectivity index (χ4n) is 1.77. The van der Waals surface area contributed by atoms with Crippen LogP contribution in [-0.4, -0.2) is 9.13 Å². The highest BCUT2D eigenvalue weighted by Gasteiger charge is 2.18. The van der Waals surface area contributed by atoms with Crippen molar-refractivity contribution in [3.8, 4) is 0 Å². The van der Waals surface area contributed by atoms with Gasteiger partial charge in [-0.25, -0.2) is 4.39 Å². The summed E-state index contributed by atoms with van der Waals surface area (Å²) in [5.41, 5.74) is 5.71. The van der Waals surface area contributed by atoms with E-state index in [0.29, 0.717) is 0 Å². The van der Waals surface area contributed by atoms with Gasteiger partial charge in [0, 0.05) is 16.7 Å². The lowest BCUT2D eigenvalue weighted by atomic mass is 10.2. The Morgan fingerprint density at radius 3 is 2.62 bits per heavy atom. The molecule has 8 heteroatoms. The number of nitrogen functional groups attached to an aromatic ring is 1. The van der Waals surface area contributed by atoms with E-state index < -0.39 is 21.5 Å². The second-order valence-corrected chi connectivity index (χ2v) is 6.06. The van der Waals surface area contributed by atoms with Crippen LogP contribution in [0.15, 0.2) is 41.3 Å². The molecule has 2 aromatic carbocycles. The predicted molar refractivity (Wildman–Crippen MR) is 79.0 cm³/mol. The van der Waals surface area contributed by atoms with Crippen molar-refractivity contribution in [3.63, 3.8) is 0 Å². The largest absolute Gasteiger partial charge is 0.398 e. The summed E-state index contributed by atoms with van der Waals surface area (Å²) in [6, 6.07) is 7.63. The quantitative estimate of drug-likeness (QED) is 0.530. The van der Waals surface area contributed by atoms with E-state index in [2.05, 4.69) is 0 Å². The maximum atomic E-state index is 13.0. The van der Waals surface area contributed by atoms with E-state index in [4.69, 9.17) is 17.3 Å². The van der Waals surface area contributed by atoms with Gasteiger partial charge in [-0.05, 0) is 30.3 Å². The molecule has 5 nitrogen and oxygen atoms in total. The normalized spacial score (nSPS) is 12.1. The van der Waals surface area contributed by atoms with Gasteiger partial charge in [-0.15, -0.1) is 0 Å². The first kappa shape index (κ1) is 15.4. The van der Waals surface area contributed by atoms with Gasteiger partial charge in [0.2, 0.25) is 0 Å². The monoisotopic (exact) mass is 328 g/mol. The molecule has 0 heterocycles. The third-order valence-corrected chi connectivity index (χ3v) is 4.42. The summed E-state index contributed by atoms with van der Waals surface area (Å²) >= 11 is 5.72. The van der Waals surface area contributed by atoms with Crippen molar-refractivity contribution < 1.29 is 13.5 Å². The van der Waals surface area contributed by atoms with Crippen LogP contribution in [0.1, 0.15) is 5.56 Å². The number of anilines is 1. The van der Waals surface area contributed by atoms with Crippen molar-refractivity contribution >= 4 is 33.8 Å². The second-order valence-electron chi connectivity index (χ2n) is 4.20. The Labute approximate surface area is 127 Å². The zero-order valence-electron chi connectivity index (χ0n) is 10.6. The number of rotatable bonds is 4. The van der Waals surface area contributed by atoms with Gasteiger partial charge >= 0.3 is 0 Å². The summed E-state index contributed by atoms with van der Waals surface area (Å²) < 4.78 is 25.2. The van der Waals surface area contributed by atoms with Gasteiger partial charge in [0.15, 0.2) is 0 Å². The minimum atomic E-state index is -1.63. The van der Waals surface area contributed by atoms with Crippen LogP contribution in [-0.2, 0) is 16.6 Å². The van der Waals surface area contributed by atoms with Crippen molar-refractivity contribution in [2.75, 3.05) is 5.73 Å². The lowest BCUT2D eigenvalue weighted by Gasteiger charge is -2.07. The Morgan fingerprint density at radius 2 is 2.00 bits per heavy atom. The first-order chi connectivity index (χ1) is 9.88. The molecular weight excluding hydrogens is 319 g/mol. The molecule has 1 atom stereocenters. The highest BCUT2D eigenvalue weighted by atomic mass is 35.5. The molecule has 0 amide bonds. The van der Waals surface area contributed by atoms with Crippen LogP contribution >= 0.6 is 11.6 Å². The summed E-state index contributed by atoms with van der Waals surface area (Å²) in [7, 11) is -1.63. The molecule has 0 saturated heterocycles. The molecule has 0 aliphatic heterocycles. The summed E-state index contributed by atoms with van der Waals surface area (Å²) in [4.78, 5) is 10.6. The molecule has 0 fully saturated rings. The van der Waals surface area contributed by atoms with Gasteiger partial charge in [0.1, 0.15) is 5.82 Å². The number of hydrogen-bond donors (Lipinski definition) is 1. The molecule has 2 N–H and O–H groups in total. The lowest BCUT2D eigenvalue weighted by Crippen LogP contribution is -2.03. The molecule has 110 valence electrons. The molecular formula is C13H10ClFN2O3S. The minimum absolute atomic E-state index is 0.0462. The van der Waals surface area contributed by atoms with Crippen molar-refractivity contribution in [2.24, 2.45) is 0 Å². The Bertz CT molecular complexity index is 739. The molecule has 0 aliphatic rings. The zero-order valence-corrected chi connectivity index (χ0v) is 12.2. The number of hydrogen-bond acceptors (Lipinski definition) is 4. The van der Waals surface area contributed by atoms with Crippen LogP contribution in [0, 0.1) is 15.9 Å². The number of nitro benzene ring substituents is 1. The van der Waals surface area contributed by atoms with Crippen molar-refractivity contribution in [1.82, 2.24) is 0 Å². The van der Waals surface area contributed by atoms with Crippen molar-refractivity contribution in [3.05, 3.63) is 62.9 Å². The van der Waals surface area contributed by atoms with E-state index in [1.165, 1.54) is 24.3 Å². The summed E-state index contributed by atoms with van der Waals surface area (Å²) in [5.74, 6) is -0.644. The summed E-state index contributed by atoms with van der Waals surface area (Å²) in [6.45, 7) is 0. The van der Waals surface area contributed by atoms with Crippen molar-refractivity contribution in [2.45, 2.75) is 10.6 Å².